The maximum Gasteiger partial charge on any atom is 0.270 e. The van der Waals surface area contributed by atoms with Crippen molar-refractivity contribution in [1.29, 1.82) is 0 Å². The highest BCUT2D eigenvalue weighted by Crippen LogP contribution is 2.34. The molecule has 1 aromatic rings. The van der Waals surface area contributed by atoms with Gasteiger partial charge in [0.05, 0.1) is 18.3 Å². The Labute approximate surface area is 77.3 Å². The third kappa shape index (κ3) is 1.85. The highest BCUT2D eigenvalue weighted by Gasteiger charge is 2.22. The van der Waals surface area contributed by atoms with E-state index in [-0.39, 0.29) is 5.88 Å². The fourth-order valence-electron chi connectivity index (χ4n) is 0.816. The minimum atomic E-state index is -2.91. The SMILES string of the molecule is COc1ncc(F)c(Cl)c1C(F)F. The van der Waals surface area contributed by atoms with Crippen molar-refractivity contribution in [3.63, 3.8) is 0 Å². The molecular weight excluding hydrogens is 207 g/mol. The summed E-state index contributed by atoms with van der Waals surface area (Å²) in [6.45, 7) is 0. The second-order valence-corrected chi connectivity index (χ2v) is 2.52. The number of ether oxygens (including phenoxy) is 1. The molecule has 0 N–H and O–H groups in total. The monoisotopic (exact) mass is 211 g/mol. The van der Waals surface area contributed by atoms with E-state index in [9.17, 15) is 13.2 Å². The highest BCUT2D eigenvalue weighted by atomic mass is 35.5. The summed E-state index contributed by atoms with van der Waals surface area (Å²) in [6.07, 6.45) is -2.18. The maximum absolute atomic E-state index is 12.7. The van der Waals surface area contributed by atoms with Crippen LogP contribution in [0, 0.1) is 5.82 Å². The number of methoxy groups -OCH3 is 1. The van der Waals surface area contributed by atoms with E-state index in [1.54, 1.807) is 0 Å². The van der Waals surface area contributed by atoms with Gasteiger partial charge in [-0.1, -0.05) is 11.6 Å². The van der Waals surface area contributed by atoms with Crippen molar-refractivity contribution in [3.05, 3.63) is 22.6 Å². The molecule has 1 aromatic heterocycles. The van der Waals surface area contributed by atoms with Gasteiger partial charge in [0.25, 0.3) is 6.43 Å². The number of rotatable bonds is 2. The minimum Gasteiger partial charge on any atom is -0.481 e. The average molecular weight is 212 g/mol. The van der Waals surface area contributed by atoms with Crippen molar-refractivity contribution in [2.24, 2.45) is 0 Å². The lowest BCUT2D eigenvalue weighted by atomic mass is 10.3. The van der Waals surface area contributed by atoms with Crippen molar-refractivity contribution in [2.75, 3.05) is 7.11 Å². The van der Waals surface area contributed by atoms with Gasteiger partial charge in [-0.25, -0.2) is 18.2 Å². The first-order chi connectivity index (χ1) is 6.07. The predicted molar refractivity (Wildman–Crippen MR) is 40.7 cm³/mol. The summed E-state index contributed by atoms with van der Waals surface area (Å²) in [6, 6.07) is 0. The number of aromatic nitrogens is 1. The Morgan fingerprint density at radius 2 is 2.15 bits per heavy atom. The molecule has 0 amide bonds. The summed E-state index contributed by atoms with van der Waals surface area (Å²) in [5.74, 6) is -1.35. The number of hydrogen-bond acceptors (Lipinski definition) is 2. The molecule has 0 radical (unpaired) electrons. The molecular formula is C7H5ClF3NO. The van der Waals surface area contributed by atoms with Gasteiger partial charge < -0.3 is 4.74 Å². The molecule has 13 heavy (non-hydrogen) atoms. The maximum atomic E-state index is 12.7. The topological polar surface area (TPSA) is 22.1 Å². The average Bonchev–Trinajstić information content (AvgIpc) is 2.08. The molecule has 72 valence electrons. The molecule has 0 unspecified atom stereocenters. The number of pyridine rings is 1. The van der Waals surface area contributed by atoms with Crippen molar-refractivity contribution in [1.82, 2.24) is 4.98 Å². The molecule has 0 saturated heterocycles. The molecule has 1 heterocycles. The lowest BCUT2D eigenvalue weighted by Crippen LogP contribution is -1.98. The van der Waals surface area contributed by atoms with Crippen LogP contribution in [0.1, 0.15) is 12.0 Å². The van der Waals surface area contributed by atoms with E-state index < -0.39 is 22.8 Å². The van der Waals surface area contributed by atoms with E-state index >= 15 is 0 Å². The van der Waals surface area contributed by atoms with Gasteiger partial charge >= 0.3 is 0 Å². The van der Waals surface area contributed by atoms with Gasteiger partial charge in [0.15, 0.2) is 5.82 Å². The van der Waals surface area contributed by atoms with Crippen molar-refractivity contribution < 1.29 is 17.9 Å². The molecule has 0 aliphatic heterocycles. The van der Waals surface area contributed by atoms with Gasteiger partial charge in [-0.3, -0.25) is 0 Å². The zero-order valence-electron chi connectivity index (χ0n) is 6.52. The standard InChI is InChI=1S/C7H5ClF3NO/c1-13-7-4(6(10)11)5(8)3(9)2-12-7/h2,6H,1H3. The fraction of sp³-hybridized carbons (Fsp3) is 0.286. The molecule has 0 aliphatic rings. The van der Waals surface area contributed by atoms with E-state index in [2.05, 4.69) is 9.72 Å². The van der Waals surface area contributed by atoms with Gasteiger partial charge in [-0.15, -0.1) is 0 Å². The molecule has 6 heteroatoms. The summed E-state index contributed by atoms with van der Waals surface area (Å²) in [5.41, 5.74) is -0.718. The van der Waals surface area contributed by atoms with Gasteiger partial charge in [0.1, 0.15) is 5.56 Å². The summed E-state index contributed by atoms with van der Waals surface area (Å²) in [7, 11) is 1.16. The third-order valence-corrected chi connectivity index (χ3v) is 1.77. The number of nitrogens with zero attached hydrogens (tertiary/aromatic N) is 1. The van der Waals surface area contributed by atoms with Crippen LogP contribution in [0.5, 0.6) is 5.88 Å². The first kappa shape index (κ1) is 10.1. The van der Waals surface area contributed by atoms with Crippen LogP contribution >= 0.6 is 11.6 Å². The van der Waals surface area contributed by atoms with E-state index in [1.165, 1.54) is 0 Å². The summed E-state index contributed by atoms with van der Waals surface area (Å²) >= 11 is 5.30. The van der Waals surface area contributed by atoms with Crippen LogP contribution in [0.25, 0.3) is 0 Å². The molecule has 1 rings (SSSR count). The van der Waals surface area contributed by atoms with Crippen LogP contribution in [0.4, 0.5) is 13.2 Å². The minimum absolute atomic E-state index is 0.360. The van der Waals surface area contributed by atoms with Crippen molar-refractivity contribution in [3.8, 4) is 5.88 Å². The Hall–Kier alpha value is -0.970. The predicted octanol–water partition coefficient (Wildman–Crippen LogP) is 2.82. The number of halogens is 4. The van der Waals surface area contributed by atoms with Crippen molar-refractivity contribution >= 4 is 11.6 Å². The summed E-state index contributed by atoms with van der Waals surface area (Å²) in [5, 5.41) is -0.651. The van der Waals surface area contributed by atoms with E-state index in [0.717, 1.165) is 13.3 Å². The Morgan fingerprint density at radius 1 is 1.54 bits per heavy atom. The molecule has 0 saturated carbocycles. The van der Waals surface area contributed by atoms with Gasteiger partial charge in [-0.05, 0) is 0 Å². The Morgan fingerprint density at radius 3 is 2.62 bits per heavy atom. The first-order valence-electron chi connectivity index (χ1n) is 3.24. The third-order valence-electron chi connectivity index (χ3n) is 1.38. The quantitative estimate of drug-likeness (QED) is 0.751. The van der Waals surface area contributed by atoms with Crippen LogP contribution in [0.2, 0.25) is 5.02 Å². The van der Waals surface area contributed by atoms with Gasteiger partial charge in [-0.2, -0.15) is 0 Å². The normalized spacial score (nSPS) is 10.6. The Kier molecular flexibility index (Phi) is 2.98. The zero-order chi connectivity index (χ0) is 10.0. The van der Waals surface area contributed by atoms with Crippen LogP contribution in [-0.2, 0) is 0 Å². The lowest BCUT2D eigenvalue weighted by molar-refractivity contribution is 0.145. The molecule has 0 aliphatic carbocycles. The van der Waals surface area contributed by atoms with Crippen molar-refractivity contribution in [2.45, 2.75) is 6.43 Å². The first-order valence-corrected chi connectivity index (χ1v) is 3.61. The largest absolute Gasteiger partial charge is 0.481 e. The van der Waals surface area contributed by atoms with Gasteiger partial charge in [0, 0.05) is 0 Å². The van der Waals surface area contributed by atoms with Gasteiger partial charge in [0.2, 0.25) is 5.88 Å². The summed E-state index contributed by atoms with van der Waals surface area (Å²) in [4.78, 5) is 3.32. The molecule has 0 spiro atoms. The van der Waals surface area contributed by atoms with E-state index in [0.29, 0.717) is 0 Å². The van der Waals surface area contributed by atoms with E-state index in [1.807, 2.05) is 0 Å². The van der Waals surface area contributed by atoms with Crippen LogP contribution in [0.15, 0.2) is 6.20 Å². The highest BCUT2D eigenvalue weighted by molar-refractivity contribution is 6.31. The molecule has 0 atom stereocenters. The Balaban J connectivity index is 3.32. The molecule has 0 aromatic carbocycles. The van der Waals surface area contributed by atoms with Crippen LogP contribution < -0.4 is 4.74 Å². The smallest absolute Gasteiger partial charge is 0.270 e. The van der Waals surface area contributed by atoms with Crippen LogP contribution in [0.3, 0.4) is 0 Å². The molecule has 2 nitrogen and oxygen atoms in total. The molecule has 0 bridgehead atoms. The summed E-state index contributed by atoms with van der Waals surface area (Å²) < 4.78 is 41.7. The number of hydrogen-bond donors (Lipinski definition) is 0. The second kappa shape index (κ2) is 3.83. The zero-order valence-corrected chi connectivity index (χ0v) is 7.28. The fourth-order valence-corrected chi connectivity index (χ4v) is 1.03. The van der Waals surface area contributed by atoms with E-state index in [4.69, 9.17) is 11.6 Å². The Bertz CT molecular complexity index is 319. The number of alkyl halides is 2. The lowest BCUT2D eigenvalue weighted by Gasteiger charge is -2.07. The molecule has 0 fully saturated rings. The second-order valence-electron chi connectivity index (χ2n) is 2.14. The van der Waals surface area contributed by atoms with Crippen LogP contribution in [-0.4, -0.2) is 12.1 Å².